The fraction of sp³-hybridized carbons (Fsp3) is 0.0556. The summed E-state index contributed by atoms with van der Waals surface area (Å²) in [6.07, 6.45) is 8.78. The van der Waals surface area contributed by atoms with Crippen LogP contribution in [0.1, 0.15) is 5.69 Å². The number of aryl methyl sites for hydroxylation is 1. The minimum absolute atomic E-state index is 0.722. The molecule has 0 aliphatic heterocycles. The molecule has 5 aromatic rings. The highest BCUT2D eigenvalue weighted by molar-refractivity contribution is 6.08. The minimum Gasteiger partial charge on any atom is -0.338 e. The van der Waals surface area contributed by atoms with Gasteiger partial charge in [-0.3, -0.25) is 14.4 Å². The molecule has 0 aliphatic rings. The number of pyridine rings is 3. The lowest BCUT2D eigenvalue weighted by Crippen LogP contribution is -1.99. The van der Waals surface area contributed by atoms with Gasteiger partial charge in [0.15, 0.2) is 5.82 Å². The van der Waals surface area contributed by atoms with Gasteiger partial charge < -0.3 is 5.32 Å². The molecule has 0 saturated heterocycles. The van der Waals surface area contributed by atoms with E-state index in [1.165, 1.54) is 0 Å². The van der Waals surface area contributed by atoms with Crippen molar-refractivity contribution in [1.29, 1.82) is 0 Å². The van der Waals surface area contributed by atoms with Gasteiger partial charge in [-0.05, 0) is 31.2 Å². The number of nitrogens with one attached hydrogen (secondary N) is 1. The van der Waals surface area contributed by atoms with Crippen LogP contribution in [-0.2, 0) is 0 Å². The van der Waals surface area contributed by atoms with Crippen molar-refractivity contribution < 1.29 is 0 Å². The van der Waals surface area contributed by atoms with Crippen molar-refractivity contribution in [3.8, 4) is 0 Å². The molecule has 0 saturated carbocycles. The summed E-state index contributed by atoms with van der Waals surface area (Å²) in [6.45, 7) is 1.96. The van der Waals surface area contributed by atoms with Gasteiger partial charge in [-0.1, -0.05) is 0 Å². The zero-order valence-electron chi connectivity index (χ0n) is 13.4. The summed E-state index contributed by atoms with van der Waals surface area (Å²) in [5.74, 6) is 0.722. The lowest BCUT2D eigenvalue weighted by molar-refractivity contribution is 1.11. The van der Waals surface area contributed by atoms with Gasteiger partial charge in [-0.2, -0.15) is 0 Å². The quantitative estimate of drug-likeness (QED) is 0.536. The molecular formula is C18H13N7. The van der Waals surface area contributed by atoms with Crippen molar-refractivity contribution in [1.82, 2.24) is 29.3 Å². The highest BCUT2D eigenvalue weighted by Gasteiger charge is 2.15. The highest BCUT2D eigenvalue weighted by atomic mass is 15.1. The Kier molecular flexibility index (Phi) is 2.87. The summed E-state index contributed by atoms with van der Waals surface area (Å²) >= 11 is 0. The Morgan fingerprint density at radius 2 is 1.92 bits per heavy atom. The fourth-order valence-electron chi connectivity index (χ4n) is 3.00. The summed E-state index contributed by atoms with van der Waals surface area (Å²) < 4.78 is 1.94. The molecule has 0 radical (unpaired) electrons. The zero-order chi connectivity index (χ0) is 16.8. The molecule has 25 heavy (non-hydrogen) atoms. The maximum Gasteiger partial charge on any atom is 0.157 e. The zero-order valence-corrected chi connectivity index (χ0v) is 13.4. The Labute approximate surface area is 142 Å². The average Bonchev–Trinajstić information content (AvgIpc) is 3.02. The van der Waals surface area contributed by atoms with Crippen molar-refractivity contribution in [3.05, 3.63) is 61.1 Å². The molecular weight excluding hydrogens is 314 g/mol. The Morgan fingerprint density at radius 3 is 2.84 bits per heavy atom. The van der Waals surface area contributed by atoms with E-state index in [2.05, 4.69) is 20.3 Å². The van der Waals surface area contributed by atoms with Gasteiger partial charge in [-0.25, -0.2) is 15.0 Å². The van der Waals surface area contributed by atoms with Crippen LogP contribution in [0.5, 0.6) is 0 Å². The van der Waals surface area contributed by atoms with Crippen molar-refractivity contribution in [2.45, 2.75) is 6.92 Å². The number of imidazole rings is 1. The molecule has 0 aromatic carbocycles. The van der Waals surface area contributed by atoms with Gasteiger partial charge in [0.2, 0.25) is 0 Å². The number of rotatable bonds is 2. The molecule has 5 heterocycles. The van der Waals surface area contributed by atoms with Gasteiger partial charge in [0.25, 0.3) is 0 Å². The molecule has 0 unspecified atom stereocenters. The molecule has 5 rings (SSSR count). The normalized spacial score (nSPS) is 11.4. The first kappa shape index (κ1) is 13.8. The van der Waals surface area contributed by atoms with Crippen LogP contribution in [-0.4, -0.2) is 29.3 Å². The van der Waals surface area contributed by atoms with Gasteiger partial charge in [0, 0.05) is 41.6 Å². The topological polar surface area (TPSA) is 80.9 Å². The Morgan fingerprint density at radius 1 is 1.00 bits per heavy atom. The third kappa shape index (κ3) is 2.17. The number of anilines is 2. The van der Waals surface area contributed by atoms with Crippen LogP contribution < -0.4 is 5.32 Å². The number of fused-ring (bicyclic) bond motifs is 5. The maximum atomic E-state index is 4.79. The first-order valence-corrected chi connectivity index (χ1v) is 7.85. The first-order valence-electron chi connectivity index (χ1n) is 7.85. The van der Waals surface area contributed by atoms with Gasteiger partial charge in [0.05, 0.1) is 5.52 Å². The Hall–Kier alpha value is -3.61. The molecule has 0 atom stereocenters. The van der Waals surface area contributed by atoms with Crippen molar-refractivity contribution in [2.75, 3.05) is 5.32 Å². The van der Waals surface area contributed by atoms with E-state index in [-0.39, 0.29) is 0 Å². The summed E-state index contributed by atoms with van der Waals surface area (Å²) in [5.41, 5.74) is 5.24. The van der Waals surface area contributed by atoms with E-state index < -0.39 is 0 Å². The number of nitrogens with zero attached hydrogens (tertiary/aromatic N) is 6. The van der Waals surface area contributed by atoms with Crippen molar-refractivity contribution >= 4 is 39.1 Å². The summed E-state index contributed by atoms with van der Waals surface area (Å²) in [6, 6.07) is 7.66. The first-order chi connectivity index (χ1) is 12.3. The van der Waals surface area contributed by atoms with E-state index >= 15 is 0 Å². The fourth-order valence-corrected chi connectivity index (χ4v) is 3.00. The van der Waals surface area contributed by atoms with Crippen LogP contribution in [0.3, 0.4) is 0 Å². The third-order valence-electron chi connectivity index (χ3n) is 4.10. The molecule has 0 spiro atoms. The van der Waals surface area contributed by atoms with Crippen LogP contribution in [0, 0.1) is 6.92 Å². The second kappa shape index (κ2) is 5.20. The molecule has 7 heteroatoms. The van der Waals surface area contributed by atoms with Gasteiger partial charge in [0.1, 0.15) is 23.0 Å². The van der Waals surface area contributed by atoms with Crippen LogP contribution in [0.15, 0.2) is 55.4 Å². The predicted octanol–water partition coefficient (Wildman–Crippen LogP) is 3.27. The summed E-state index contributed by atoms with van der Waals surface area (Å²) in [4.78, 5) is 22.2. The van der Waals surface area contributed by atoms with Crippen LogP contribution in [0.4, 0.5) is 11.5 Å². The number of hydrogen-bond donors (Lipinski definition) is 1. The van der Waals surface area contributed by atoms with E-state index in [4.69, 9.17) is 9.97 Å². The van der Waals surface area contributed by atoms with E-state index in [0.29, 0.717) is 0 Å². The van der Waals surface area contributed by atoms with E-state index in [0.717, 1.165) is 44.8 Å². The molecule has 120 valence electrons. The van der Waals surface area contributed by atoms with Gasteiger partial charge in [-0.15, -0.1) is 0 Å². The SMILES string of the molecule is Cc1cc(Nc2nc3ccncc3c3nc4ccncn4c23)ccn1. The molecule has 0 fully saturated rings. The second-order valence-electron chi connectivity index (χ2n) is 5.78. The lowest BCUT2D eigenvalue weighted by Gasteiger charge is -2.09. The number of aromatic nitrogens is 6. The number of hydrogen-bond acceptors (Lipinski definition) is 6. The van der Waals surface area contributed by atoms with Crippen LogP contribution in [0.25, 0.3) is 27.6 Å². The third-order valence-corrected chi connectivity index (χ3v) is 4.10. The van der Waals surface area contributed by atoms with Crippen LogP contribution >= 0.6 is 0 Å². The summed E-state index contributed by atoms with van der Waals surface area (Å²) in [7, 11) is 0. The monoisotopic (exact) mass is 327 g/mol. The predicted molar refractivity (Wildman–Crippen MR) is 95.8 cm³/mol. The van der Waals surface area contributed by atoms with Crippen LogP contribution in [0.2, 0.25) is 0 Å². The second-order valence-corrected chi connectivity index (χ2v) is 5.78. The lowest BCUT2D eigenvalue weighted by atomic mass is 10.2. The standard InChI is InChI=1S/C18H13N7/c1-11-8-12(2-7-21-11)22-18-17-16(13-9-19-5-3-14(13)23-18)24-15-4-6-20-10-25(15)17/h2-10H,1H3,(H,21,22,23). The van der Waals surface area contributed by atoms with E-state index in [1.807, 2.05) is 35.6 Å². The molecule has 0 bridgehead atoms. The molecule has 0 amide bonds. The Bertz CT molecular complexity index is 1240. The van der Waals surface area contributed by atoms with Gasteiger partial charge >= 0.3 is 0 Å². The maximum absolute atomic E-state index is 4.79. The summed E-state index contributed by atoms with van der Waals surface area (Å²) in [5, 5.41) is 4.31. The Balaban J connectivity index is 1.86. The van der Waals surface area contributed by atoms with Crippen molar-refractivity contribution in [2.24, 2.45) is 0 Å². The molecule has 7 nitrogen and oxygen atoms in total. The molecule has 5 aromatic heterocycles. The van der Waals surface area contributed by atoms with E-state index in [1.54, 1.807) is 31.1 Å². The smallest absolute Gasteiger partial charge is 0.157 e. The minimum atomic E-state index is 0.722. The average molecular weight is 327 g/mol. The van der Waals surface area contributed by atoms with Crippen molar-refractivity contribution in [3.63, 3.8) is 0 Å². The molecule has 0 aliphatic carbocycles. The largest absolute Gasteiger partial charge is 0.338 e. The van der Waals surface area contributed by atoms with E-state index in [9.17, 15) is 0 Å². The highest BCUT2D eigenvalue weighted by Crippen LogP contribution is 2.30. The molecule has 1 N–H and O–H groups in total.